The topological polar surface area (TPSA) is 85.5 Å². The van der Waals surface area contributed by atoms with Crippen molar-refractivity contribution in [1.29, 1.82) is 0 Å². The molecular weight excluding hydrogens is 436 g/mol. The lowest BCUT2D eigenvalue weighted by Crippen LogP contribution is -2.34. The van der Waals surface area contributed by atoms with Crippen LogP contribution in [0.4, 0.5) is 5.69 Å². The first-order chi connectivity index (χ1) is 13.8. The molecule has 1 saturated heterocycles. The minimum atomic E-state index is -0.190. The van der Waals surface area contributed by atoms with Gasteiger partial charge in [0.25, 0.3) is 5.91 Å². The number of H-pyrrole nitrogens is 1. The number of hydrogen-bond donors (Lipinski definition) is 2. The number of aryl methyl sites for hydroxylation is 1. The number of aromatic amines is 1. The van der Waals surface area contributed by atoms with E-state index in [0.29, 0.717) is 11.3 Å². The third kappa shape index (κ3) is 5.55. The number of aromatic nitrogens is 1. The highest BCUT2D eigenvalue weighted by Gasteiger charge is 2.22. The summed E-state index contributed by atoms with van der Waals surface area (Å²) in [6.45, 7) is 3.61. The first kappa shape index (κ1) is 21.3. The van der Waals surface area contributed by atoms with Crippen molar-refractivity contribution in [2.75, 3.05) is 38.5 Å². The highest BCUT2D eigenvalue weighted by Crippen LogP contribution is 2.20. The molecule has 2 aromatic rings. The number of hydrogen-bond acceptors (Lipinski definition) is 4. The molecule has 0 atom stereocenters. The molecule has 0 spiro atoms. The maximum Gasteiger partial charge on any atom is 0.270 e. The number of nitrogens with one attached hydrogen (secondary N) is 2. The Balaban J connectivity index is 1.52. The Kier molecular flexibility index (Phi) is 6.87. The van der Waals surface area contributed by atoms with E-state index < -0.39 is 0 Å². The van der Waals surface area contributed by atoms with Crippen LogP contribution in [0.1, 0.15) is 39.3 Å². The first-order valence-corrected chi connectivity index (χ1v) is 10.4. The van der Waals surface area contributed by atoms with E-state index in [2.05, 4.69) is 26.2 Å². The number of benzene rings is 1. The van der Waals surface area contributed by atoms with E-state index in [-0.39, 0.29) is 30.7 Å². The summed E-state index contributed by atoms with van der Waals surface area (Å²) in [5, 5.41) is 2.86. The lowest BCUT2D eigenvalue weighted by atomic mass is 10.2. The molecule has 154 valence electrons. The molecule has 2 amide bonds. The molecule has 7 nitrogen and oxygen atoms in total. The number of ketones is 1. The average Bonchev–Trinajstić information content (AvgIpc) is 3.35. The van der Waals surface area contributed by atoms with Crippen molar-refractivity contribution >= 4 is 39.2 Å². The second-order valence-corrected chi connectivity index (χ2v) is 8.32. The first-order valence-electron chi connectivity index (χ1n) is 9.59. The van der Waals surface area contributed by atoms with Crippen LogP contribution in [0.2, 0.25) is 0 Å². The van der Waals surface area contributed by atoms with Gasteiger partial charge in [0.1, 0.15) is 5.69 Å². The molecule has 1 aliphatic heterocycles. The Morgan fingerprint density at radius 2 is 1.90 bits per heavy atom. The molecule has 1 aliphatic rings. The maximum atomic E-state index is 12.5. The number of likely N-dealkylation sites (tertiary alicyclic amines) is 1. The SMILES string of the molecule is Cc1cc(Br)ccc1NC(=O)CN(C)CC(=O)c1c[nH]c(C(=O)N2CCCC2)c1. The Hall–Kier alpha value is -2.45. The minimum absolute atomic E-state index is 0.0702. The molecule has 1 aromatic heterocycles. The molecule has 1 aromatic carbocycles. The van der Waals surface area contributed by atoms with Crippen molar-refractivity contribution < 1.29 is 14.4 Å². The Morgan fingerprint density at radius 3 is 2.59 bits per heavy atom. The van der Waals surface area contributed by atoms with Gasteiger partial charge in [0.2, 0.25) is 5.91 Å². The molecule has 1 fully saturated rings. The van der Waals surface area contributed by atoms with Crippen LogP contribution >= 0.6 is 15.9 Å². The highest BCUT2D eigenvalue weighted by molar-refractivity contribution is 9.10. The van der Waals surface area contributed by atoms with Gasteiger partial charge in [0.05, 0.1) is 13.1 Å². The van der Waals surface area contributed by atoms with Gasteiger partial charge in [0.15, 0.2) is 5.78 Å². The van der Waals surface area contributed by atoms with Crippen LogP contribution in [-0.2, 0) is 4.79 Å². The van der Waals surface area contributed by atoms with Gasteiger partial charge >= 0.3 is 0 Å². The summed E-state index contributed by atoms with van der Waals surface area (Å²) in [5.74, 6) is -0.402. The minimum Gasteiger partial charge on any atom is -0.356 e. The second kappa shape index (κ2) is 9.37. The molecule has 8 heteroatoms. The maximum absolute atomic E-state index is 12.5. The van der Waals surface area contributed by atoms with Crippen LogP contribution in [0.5, 0.6) is 0 Å². The zero-order chi connectivity index (χ0) is 21.0. The lowest BCUT2D eigenvalue weighted by molar-refractivity contribution is -0.116. The van der Waals surface area contributed by atoms with Crippen LogP contribution < -0.4 is 5.32 Å². The van der Waals surface area contributed by atoms with Crippen molar-refractivity contribution in [3.8, 4) is 0 Å². The normalized spacial score (nSPS) is 13.7. The Labute approximate surface area is 178 Å². The van der Waals surface area contributed by atoms with Crippen molar-refractivity contribution in [1.82, 2.24) is 14.8 Å². The van der Waals surface area contributed by atoms with Gasteiger partial charge in [-0.1, -0.05) is 15.9 Å². The van der Waals surface area contributed by atoms with Gasteiger partial charge in [-0.25, -0.2) is 0 Å². The summed E-state index contributed by atoms with van der Waals surface area (Å²) in [5.41, 5.74) is 2.58. The van der Waals surface area contributed by atoms with E-state index in [1.807, 2.05) is 25.1 Å². The van der Waals surface area contributed by atoms with Crippen LogP contribution in [0.3, 0.4) is 0 Å². The van der Waals surface area contributed by atoms with Crippen molar-refractivity contribution in [2.45, 2.75) is 19.8 Å². The van der Waals surface area contributed by atoms with Crippen LogP contribution in [0.15, 0.2) is 34.9 Å². The van der Waals surface area contributed by atoms with Crippen LogP contribution in [0.25, 0.3) is 0 Å². The Bertz CT molecular complexity index is 918. The molecule has 0 bridgehead atoms. The molecule has 0 radical (unpaired) electrons. The van der Waals surface area contributed by atoms with Crippen molar-refractivity contribution in [3.05, 3.63) is 51.8 Å². The van der Waals surface area contributed by atoms with Gasteiger partial charge in [-0.2, -0.15) is 0 Å². The monoisotopic (exact) mass is 460 g/mol. The number of carbonyl (C=O) groups is 3. The zero-order valence-corrected chi connectivity index (χ0v) is 18.2. The summed E-state index contributed by atoms with van der Waals surface area (Å²) in [4.78, 5) is 43.5. The van der Waals surface area contributed by atoms with Gasteiger partial charge in [0, 0.05) is 35.0 Å². The van der Waals surface area contributed by atoms with Crippen molar-refractivity contribution in [3.63, 3.8) is 0 Å². The quantitative estimate of drug-likeness (QED) is 0.621. The summed E-state index contributed by atoms with van der Waals surface area (Å²) in [6.07, 6.45) is 3.60. The molecular formula is C21H25BrN4O3. The van der Waals surface area contributed by atoms with E-state index in [4.69, 9.17) is 0 Å². The number of likely N-dealkylation sites (N-methyl/N-ethyl adjacent to an activating group) is 1. The fraction of sp³-hybridized carbons (Fsp3) is 0.381. The van der Waals surface area contributed by atoms with E-state index in [0.717, 1.165) is 41.7 Å². The van der Waals surface area contributed by atoms with E-state index >= 15 is 0 Å². The van der Waals surface area contributed by atoms with Crippen LogP contribution in [-0.4, -0.2) is 65.6 Å². The standard InChI is InChI=1S/C21H25BrN4O3/c1-14-9-16(22)5-6-17(14)24-20(28)13-25(2)12-19(27)15-10-18(23-11-15)21(29)26-7-3-4-8-26/h5-6,9-11,23H,3-4,7-8,12-13H2,1-2H3,(H,24,28). The third-order valence-corrected chi connectivity index (χ3v) is 5.41. The molecule has 3 rings (SSSR count). The number of halogens is 1. The summed E-state index contributed by atoms with van der Waals surface area (Å²) in [6, 6.07) is 7.22. The second-order valence-electron chi connectivity index (χ2n) is 7.40. The number of rotatable bonds is 7. The smallest absolute Gasteiger partial charge is 0.270 e. The van der Waals surface area contributed by atoms with Crippen molar-refractivity contribution in [2.24, 2.45) is 0 Å². The fourth-order valence-corrected chi connectivity index (χ4v) is 3.84. The number of amides is 2. The zero-order valence-electron chi connectivity index (χ0n) is 16.6. The largest absolute Gasteiger partial charge is 0.356 e. The predicted octanol–water partition coefficient (Wildman–Crippen LogP) is 3.07. The van der Waals surface area contributed by atoms with E-state index in [9.17, 15) is 14.4 Å². The van der Waals surface area contributed by atoms with Gasteiger partial charge < -0.3 is 15.2 Å². The predicted molar refractivity (Wildman–Crippen MR) is 115 cm³/mol. The summed E-state index contributed by atoms with van der Waals surface area (Å²) < 4.78 is 0.949. The van der Waals surface area contributed by atoms with E-state index in [1.165, 1.54) is 0 Å². The molecule has 0 aliphatic carbocycles. The summed E-state index contributed by atoms with van der Waals surface area (Å²) >= 11 is 3.40. The van der Waals surface area contributed by atoms with E-state index in [1.54, 1.807) is 29.1 Å². The Morgan fingerprint density at radius 1 is 1.17 bits per heavy atom. The molecule has 2 heterocycles. The number of anilines is 1. The number of nitrogens with zero attached hydrogens (tertiary/aromatic N) is 2. The molecule has 0 unspecified atom stereocenters. The average molecular weight is 461 g/mol. The van der Waals surface area contributed by atoms with Crippen LogP contribution in [0, 0.1) is 6.92 Å². The molecule has 0 saturated carbocycles. The number of Topliss-reactive ketones (excluding diaryl/α,β-unsaturated/α-hetero) is 1. The molecule has 29 heavy (non-hydrogen) atoms. The lowest BCUT2D eigenvalue weighted by Gasteiger charge is -2.16. The fourth-order valence-electron chi connectivity index (χ4n) is 3.36. The highest BCUT2D eigenvalue weighted by atomic mass is 79.9. The van der Waals surface area contributed by atoms with Gasteiger partial charge in [-0.15, -0.1) is 0 Å². The van der Waals surface area contributed by atoms with Gasteiger partial charge in [-0.05, 0) is 56.6 Å². The van der Waals surface area contributed by atoms with Gasteiger partial charge in [-0.3, -0.25) is 19.3 Å². The third-order valence-electron chi connectivity index (χ3n) is 4.92. The molecule has 2 N–H and O–H groups in total. The number of carbonyl (C=O) groups excluding carboxylic acids is 3. The summed E-state index contributed by atoms with van der Waals surface area (Å²) in [7, 11) is 1.72.